The van der Waals surface area contributed by atoms with Crippen LogP contribution in [0.4, 0.5) is 0 Å². The molecule has 2 saturated carbocycles. The monoisotopic (exact) mass is 280 g/mol. The average Bonchev–Trinajstić information content (AvgIpc) is 3.25. The van der Waals surface area contributed by atoms with E-state index in [4.69, 9.17) is 0 Å². The van der Waals surface area contributed by atoms with Gasteiger partial charge >= 0.3 is 0 Å². The Morgan fingerprint density at radius 1 is 1.15 bits per heavy atom. The van der Waals surface area contributed by atoms with E-state index in [1.807, 2.05) is 0 Å². The Labute approximate surface area is 126 Å². The molecule has 0 saturated heterocycles. The largest absolute Gasteiger partial charge is 0.314 e. The van der Waals surface area contributed by atoms with E-state index in [0.29, 0.717) is 0 Å². The first-order valence-corrected chi connectivity index (χ1v) is 9.09. The van der Waals surface area contributed by atoms with Crippen LogP contribution in [-0.2, 0) is 0 Å². The van der Waals surface area contributed by atoms with E-state index in [-0.39, 0.29) is 0 Å². The second kappa shape index (κ2) is 7.79. The molecule has 118 valence electrons. The third-order valence-electron chi connectivity index (χ3n) is 5.78. The SMILES string of the molecule is CCCC1CCC(NCC)C(CN(C)C(C)C2CC2)C1. The molecule has 0 heterocycles. The van der Waals surface area contributed by atoms with E-state index in [1.165, 1.54) is 51.5 Å². The summed E-state index contributed by atoms with van der Waals surface area (Å²) in [5.41, 5.74) is 0. The highest BCUT2D eigenvalue weighted by molar-refractivity contribution is 4.89. The van der Waals surface area contributed by atoms with Crippen LogP contribution in [0.3, 0.4) is 0 Å². The molecule has 4 unspecified atom stereocenters. The Hall–Kier alpha value is -0.0800. The summed E-state index contributed by atoms with van der Waals surface area (Å²) in [5, 5.41) is 3.76. The van der Waals surface area contributed by atoms with Crippen molar-refractivity contribution in [2.75, 3.05) is 20.1 Å². The Balaban J connectivity index is 1.88. The highest BCUT2D eigenvalue weighted by atomic mass is 15.1. The van der Waals surface area contributed by atoms with E-state index >= 15 is 0 Å². The summed E-state index contributed by atoms with van der Waals surface area (Å²) in [4.78, 5) is 2.65. The second-order valence-electron chi connectivity index (χ2n) is 7.41. The fraction of sp³-hybridized carbons (Fsp3) is 1.00. The van der Waals surface area contributed by atoms with Gasteiger partial charge in [-0.05, 0) is 70.4 Å². The number of hydrogen-bond donors (Lipinski definition) is 1. The second-order valence-corrected chi connectivity index (χ2v) is 7.41. The van der Waals surface area contributed by atoms with Crippen LogP contribution in [0.5, 0.6) is 0 Å². The minimum absolute atomic E-state index is 0.766. The molecule has 20 heavy (non-hydrogen) atoms. The van der Waals surface area contributed by atoms with Gasteiger partial charge in [-0.1, -0.05) is 26.7 Å². The Kier molecular flexibility index (Phi) is 6.35. The molecule has 0 aromatic carbocycles. The summed E-state index contributed by atoms with van der Waals surface area (Å²) in [5.74, 6) is 2.85. The van der Waals surface area contributed by atoms with E-state index in [2.05, 4.69) is 38.0 Å². The van der Waals surface area contributed by atoms with Gasteiger partial charge in [0.2, 0.25) is 0 Å². The number of nitrogens with zero attached hydrogens (tertiary/aromatic N) is 1. The van der Waals surface area contributed by atoms with Crippen molar-refractivity contribution in [2.24, 2.45) is 17.8 Å². The van der Waals surface area contributed by atoms with Crippen LogP contribution in [0.2, 0.25) is 0 Å². The lowest BCUT2D eigenvalue weighted by Crippen LogP contribution is -2.47. The fourth-order valence-corrected chi connectivity index (χ4v) is 4.24. The van der Waals surface area contributed by atoms with Gasteiger partial charge in [0.15, 0.2) is 0 Å². The number of nitrogens with one attached hydrogen (secondary N) is 1. The summed E-state index contributed by atoms with van der Waals surface area (Å²) in [6, 6.07) is 1.56. The normalized spacial score (nSPS) is 32.5. The molecule has 0 amide bonds. The van der Waals surface area contributed by atoms with Crippen LogP contribution < -0.4 is 5.32 Å². The Bertz CT molecular complexity index is 275. The van der Waals surface area contributed by atoms with Crippen LogP contribution in [0, 0.1) is 17.8 Å². The molecule has 2 aliphatic carbocycles. The predicted molar refractivity (Wildman–Crippen MR) is 88.0 cm³/mol. The minimum Gasteiger partial charge on any atom is -0.314 e. The van der Waals surface area contributed by atoms with Crippen molar-refractivity contribution in [2.45, 2.75) is 77.8 Å². The first-order valence-electron chi connectivity index (χ1n) is 9.09. The van der Waals surface area contributed by atoms with E-state index < -0.39 is 0 Å². The molecule has 0 aliphatic heterocycles. The molecular weight excluding hydrogens is 244 g/mol. The lowest BCUT2D eigenvalue weighted by molar-refractivity contribution is 0.125. The number of hydrogen-bond acceptors (Lipinski definition) is 2. The van der Waals surface area contributed by atoms with E-state index in [0.717, 1.165) is 36.4 Å². The predicted octanol–water partition coefficient (Wildman–Crippen LogP) is 3.91. The first kappa shape index (κ1) is 16.3. The summed E-state index contributed by atoms with van der Waals surface area (Å²) >= 11 is 0. The van der Waals surface area contributed by atoms with Crippen molar-refractivity contribution in [1.29, 1.82) is 0 Å². The molecule has 4 atom stereocenters. The van der Waals surface area contributed by atoms with Crippen molar-refractivity contribution < 1.29 is 0 Å². The van der Waals surface area contributed by atoms with Gasteiger partial charge in [-0.15, -0.1) is 0 Å². The molecular formula is C18H36N2. The van der Waals surface area contributed by atoms with Crippen LogP contribution in [-0.4, -0.2) is 37.1 Å². The molecule has 0 aromatic rings. The Morgan fingerprint density at radius 3 is 2.50 bits per heavy atom. The standard InChI is InChI=1S/C18H36N2/c1-5-7-15-8-11-18(19-6-2)17(12-15)13-20(4)14(3)16-9-10-16/h14-19H,5-13H2,1-4H3. The molecule has 2 fully saturated rings. The average molecular weight is 281 g/mol. The zero-order valence-electron chi connectivity index (χ0n) is 14.2. The molecule has 0 spiro atoms. The molecule has 2 nitrogen and oxygen atoms in total. The Morgan fingerprint density at radius 2 is 1.90 bits per heavy atom. The molecule has 2 aliphatic rings. The molecule has 1 N–H and O–H groups in total. The maximum atomic E-state index is 3.76. The quantitative estimate of drug-likeness (QED) is 0.725. The third-order valence-corrected chi connectivity index (χ3v) is 5.78. The maximum absolute atomic E-state index is 3.76. The van der Waals surface area contributed by atoms with Crippen LogP contribution in [0.15, 0.2) is 0 Å². The highest BCUT2D eigenvalue weighted by Crippen LogP contribution is 2.37. The van der Waals surface area contributed by atoms with Crippen molar-refractivity contribution in [3.05, 3.63) is 0 Å². The fourth-order valence-electron chi connectivity index (χ4n) is 4.24. The lowest BCUT2D eigenvalue weighted by Gasteiger charge is -2.40. The van der Waals surface area contributed by atoms with Gasteiger partial charge in [0.25, 0.3) is 0 Å². The van der Waals surface area contributed by atoms with Gasteiger partial charge in [0.1, 0.15) is 0 Å². The zero-order chi connectivity index (χ0) is 14.5. The van der Waals surface area contributed by atoms with Gasteiger partial charge in [-0.2, -0.15) is 0 Å². The van der Waals surface area contributed by atoms with Crippen LogP contribution >= 0.6 is 0 Å². The summed E-state index contributed by atoms with van der Waals surface area (Å²) in [6.07, 6.45) is 10.0. The third kappa shape index (κ3) is 4.46. The number of rotatable bonds is 8. The molecule has 0 aromatic heterocycles. The van der Waals surface area contributed by atoms with Crippen molar-refractivity contribution in [3.63, 3.8) is 0 Å². The van der Waals surface area contributed by atoms with Gasteiger partial charge in [0.05, 0.1) is 0 Å². The van der Waals surface area contributed by atoms with Crippen LogP contribution in [0.1, 0.15) is 65.7 Å². The summed E-state index contributed by atoms with van der Waals surface area (Å²) < 4.78 is 0. The topological polar surface area (TPSA) is 15.3 Å². The first-order chi connectivity index (χ1) is 9.65. The zero-order valence-corrected chi connectivity index (χ0v) is 14.2. The van der Waals surface area contributed by atoms with Gasteiger partial charge in [-0.3, -0.25) is 0 Å². The summed E-state index contributed by atoms with van der Waals surface area (Å²) in [6.45, 7) is 9.46. The maximum Gasteiger partial charge on any atom is 0.0108 e. The van der Waals surface area contributed by atoms with E-state index in [9.17, 15) is 0 Å². The summed E-state index contributed by atoms with van der Waals surface area (Å²) in [7, 11) is 2.36. The van der Waals surface area contributed by atoms with Gasteiger partial charge in [0, 0.05) is 18.6 Å². The van der Waals surface area contributed by atoms with Gasteiger partial charge < -0.3 is 10.2 Å². The van der Waals surface area contributed by atoms with Crippen molar-refractivity contribution >= 4 is 0 Å². The molecule has 0 radical (unpaired) electrons. The minimum atomic E-state index is 0.766. The molecule has 2 heteroatoms. The molecule has 2 rings (SSSR count). The van der Waals surface area contributed by atoms with Gasteiger partial charge in [-0.25, -0.2) is 0 Å². The van der Waals surface area contributed by atoms with Crippen molar-refractivity contribution in [1.82, 2.24) is 10.2 Å². The molecule has 0 bridgehead atoms. The van der Waals surface area contributed by atoms with Crippen molar-refractivity contribution in [3.8, 4) is 0 Å². The highest BCUT2D eigenvalue weighted by Gasteiger charge is 2.34. The van der Waals surface area contributed by atoms with E-state index in [1.54, 1.807) is 0 Å². The lowest BCUT2D eigenvalue weighted by atomic mass is 9.76. The van der Waals surface area contributed by atoms with Crippen LogP contribution in [0.25, 0.3) is 0 Å². The smallest absolute Gasteiger partial charge is 0.0108 e.